The van der Waals surface area contributed by atoms with Crippen molar-refractivity contribution in [1.29, 1.82) is 0 Å². The molecule has 1 saturated carbocycles. The predicted molar refractivity (Wildman–Crippen MR) is 64.9 cm³/mol. The van der Waals surface area contributed by atoms with Gasteiger partial charge in [0.15, 0.2) is 0 Å². The third kappa shape index (κ3) is 2.40. The normalized spacial score (nSPS) is 31.6. The van der Waals surface area contributed by atoms with Crippen molar-refractivity contribution in [2.75, 3.05) is 0 Å². The Bertz CT molecular complexity index is 325. The van der Waals surface area contributed by atoms with E-state index >= 15 is 0 Å². The lowest BCUT2D eigenvalue weighted by Gasteiger charge is -2.23. The van der Waals surface area contributed by atoms with Crippen LogP contribution in [0.2, 0.25) is 0 Å². The maximum Gasteiger partial charge on any atom is 0.0753 e. The summed E-state index contributed by atoms with van der Waals surface area (Å²) in [7, 11) is 0. The molecule has 0 amide bonds. The van der Waals surface area contributed by atoms with Crippen molar-refractivity contribution in [3.63, 3.8) is 0 Å². The molecule has 16 heavy (non-hydrogen) atoms. The molecule has 1 aromatic heterocycles. The van der Waals surface area contributed by atoms with Crippen LogP contribution in [0.25, 0.3) is 0 Å². The van der Waals surface area contributed by atoms with Gasteiger partial charge in [0.1, 0.15) is 0 Å². The number of hydrogen-bond donors (Lipinski definition) is 1. The summed E-state index contributed by atoms with van der Waals surface area (Å²) >= 11 is 0. The molecule has 3 nitrogen and oxygen atoms in total. The summed E-state index contributed by atoms with van der Waals surface area (Å²) < 4.78 is 0. The van der Waals surface area contributed by atoms with E-state index in [2.05, 4.69) is 36.1 Å². The van der Waals surface area contributed by atoms with Crippen LogP contribution in [0.5, 0.6) is 0 Å². The SMILES string of the molecule is CC(NC1CCC(C)C1C)c1cnccn1. The predicted octanol–water partition coefficient (Wildman–Crippen LogP) is 2.56. The molecular weight excluding hydrogens is 198 g/mol. The smallest absolute Gasteiger partial charge is 0.0753 e. The molecule has 0 bridgehead atoms. The molecule has 2 rings (SSSR count). The maximum absolute atomic E-state index is 4.34. The van der Waals surface area contributed by atoms with Crippen molar-refractivity contribution in [2.45, 2.75) is 45.7 Å². The Balaban J connectivity index is 1.95. The Hall–Kier alpha value is -0.960. The number of rotatable bonds is 3. The van der Waals surface area contributed by atoms with Crippen LogP contribution in [-0.2, 0) is 0 Å². The monoisotopic (exact) mass is 219 g/mol. The van der Waals surface area contributed by atoms with Gasteiger partial charge in [-0.15, -0.1) is 0 Å². The van der Waals surface area contributed by atoms with Crippen LogP contribution in [0.4, 0.5) is 0 Å². The molecule has 1 aromatic rings. The van der Waals surface area contributed by atoms with Crippen LogP contribution >= 0.6 is 0 Å². The highest BCUT2D eigenvalue weighted by atomic mass is 15.0. The second kappa shape index (κ2) is 4.91. The molecule has 1 N–H and O–H groups in total. The van der Waals surface area contributed by atoms with E-state index in [1.807, 2.05) is 6.20 Å². The largest absolute Gasteiger partial charge is 0.306 e. The minimum atomic E-state index is 0.298. The summed E-state index contributed by atoms with van der Waals surface area (Å²) in [5.74, 6) is 1.60. The summed E-state index contributed by atoms with van der Waals surface area (Å²) in [6.45, 7) is 6.86. The van der Waals surface area contributed by atoms with Crippen molar-refractivity contribution in [1.82, 2.24) is 15.3 Å². The molecule has 1 aliphatic carbocycles. The third-order valence-electron chi connectivity index (χ3n) is 3.96. The van der Waals surface area contributed by atoms with Gasteiger partial charge in [0.05, 0.1) is 5.69 Å². The molecule has 1 aliphatic rings. The highest BCUT2D eigenvalue weighted by Gasteiger charge is 2.30. The Labute approximate surface area is 97.7 Å². The molecule has 0 aliphatic heterocycles. The molecule has 3 heteroatoms. The first kappa shape index (κ1) is 11.5. The minimum Gasteiger partial charge on any atom is -0.306 e. The standard InChI is InChI=1S/C13H21N3/c1-9-4-5-12(10(9)2)16-11(3)13-8-14-6-7-15-13/h6-12,16H,4-5H2,1-3H3. The second-order valence-electron chi connectivity index (χ2n) is 5.04. The minimum absolute atomic E-state index is 0.298. The lowest BCUT2D eigenvalue weighted by atomic mass is 9.97. The van der Waals surface area contributed by atoms with Crippen LogP contribution in [0, 0.1) is 11.8 Å². The van der Waals surface area contributed by atoms with Gasteiger partial charge in [-0.05, 0) is 31.6 Å². The van der Waals surface area contributed by atoms with Crippen LogP contribution in [0.15, 0.2) is 18.6 Å². The summed E-state index contributed by atoms with van der Waals surface area (Å²) in [5, 5.41) is 3.67. The first-order valence-electron chi connectivity index (χ1n) is 6.20. The fourth-order valence-corrected chi connectivity index (χ4v) is 2.54. The molecule has 1 heterocycles. The Morgan fingerprint density at radius 1 is 1.31 bits per heavy atom. The van der Waals surface area contributed by atoms with Gasteiger partial charge in [-0.3, -0.25) is 9.97 Å². The van der Waals surface area contributed by atoms with E-state index in [-0.39, 0.29) is 0 Å². The van der Waals surface area contributed by atoms with Gasteiger partial charge >= 0.3 is 0 Å². The molecule has 0 spiro atoms. The van der Waals surface area contributed by atoms with Crippen molar-refractivity contribution in [3.8, 4) is 0 Å². The summed E-state index contributed by atoms with van der Waals surface area (Å²) in [4.78, 5) is 8.45. The highest BCUT2D eigenvalue weighted by molar-refractivity contribution is 5.02. The number of nitrogens with zero attached hydrogens (tertiary/aromatic N) is 2. The number of nitrogens with one attached hydrogen (secondary N) is 1. The van der Waals surface area contributed by atoms with Crippen LogP contribution in [-0.4, -0.2) is 16.0 Å². The quantitative estimate of drug-likeness (QED) is 0.849. The van der Waals surface area contributed by atoms with E-state index in [4.69, 9.17) is 0 Å². The van der Waals surface area contributed by atoms with Crippen molar-refractivity contribution >= 4 is 0 Å². The van der Waals surface area contributed by atoms with E-state index in [9.17, 15) is 0 Å². The van der Waals surface area contributed by atoms with E-state index in [1.54, 1.807) is 12.4 Å². The molecule has 0 radical (unpaired) electrons. The second-order valence-corrected chi connectivity index (χ2v) is 5.04. The van der Waals surface area contributed by atoms with Crippen LogP contribution in [0.1, 0.15) is 45.3 Å². The summed E-state index contributed by atoms with van der Waals surface area (Å²) in [6.07, 6.45) is 7.95. The lowest BCUT2D eigenvalue weighted by molar-refractivity contribution is 0.344. The molecule has 88 valence electrons. The highest BCUT2D eigenvalue weighted by Crippen LogP contribution is 2.32. The van der Waals surface area contributed by atoms with E-state index in [0.29, 0.717) is 12.1 Å². The average Bonchev–Trinajstić information content (AvgIpc) is 2.62. The maximum atomic E-state index is 4.34. The molecule has 4 atom stereocenters. The first-order valence-corrected chi connectivity index (χ1v) is 6.20. The van der Waals surface area contributed by atoms with Crippen molar-refractivity contribution < 1.29 is 0 Å². The summed E-state index contributed by atoms with van der Waals surface area (Å²) in [5.41, 5.74) is 1.04. The van der Waals surface area contributed by atoms with Gasteiger partial charge in [-0.25, -0.2) is 0 Å². The zero-order chi connectivity index (χ0) is 11.5. The Morgan fingerprint density at radius 3 is 2.69 bits per heavy atom. The Kier molecular flexibility index (Phi) is 3.54. The molecule has 0 aromatic carbocycles. The van der Waals surface area contributed by atoms with Gasteiger partial charge in [-0.1, -0.05) is 13.8 Å². The molecule has 0 saturated heterocycles. The molecule has 4 unspecified atom stereocenters. The van der Waals surface area contributed by atoms with Gasteiger partial charge in [-0.2, -0.15) is 0 Å². The number of aromatic nitrogens is 2. The first-order chi connectivity index (χ1) is 7.68. The lowest BCUT2D eigenvalue weighted by Crippen LogP contribution is -2.34. The fourth-order valence-electron chi connectivity index (χ4n) is 2.54. The van der Waals surface area contributed by atoms with Gasteiger partial charge < -0.3 is 5.32 Å². The zero-order valence-corrected chi connectivity index (χ0v) is 10.4. The third-order valence-corrected chi connectivity index (χ3v) is 3.96. The van der Waals surface area contributed by atoms with E-state index in [0.717, 1.165) is 17.5 Å². The molecular formula is C13H21N3. The van der Waals surface area contributed by atoms with Crippen LogP contribution in [0.3, 0.4) is 0 Å². The van der Waals surface area contributed by atoms with Gasteiger partial charge in [0.2, 0.25) is 0 Å². The van der Waals surface area contributed by atoms with E-state index in [1.165, 1.54) is 12.8 Å². The topological polar surface area (TPSA) is 37.8 Å². The average molecular weight is 219 g/mol. The zero-order valence-electron chi connectivity index (χ0n) is 10.4. The van der Waals surface area contributed by atoms with E-state index < -0.39 is 0 Å². The van der Waals surface area contributed by atoms with Crippen molar-refractivity contribution in [2.24, 2.45) is 11.8 Å². The summed E-state index contributed by atoms with van der Waals surface area (Å²) in [6, 6.07) is 0.929. The van der Waals surface area contributed by atoms with Crippen molar-refractivity contribution in [3.05, 3.63) is 24.3 Å². The Morgan fingerprint density at radius 2 is 2.12 bits per heavy atom. The number of hydrogen-bond acceptors (Lipinski definition) is 3. The van der Waals surface area contributed by atoms with Gasteiger partial charge in [0, 0.05) is 30.7 Å². The molecule has 1 fully saturated rings. The van der Waals surface area contributed by atoms with Crippen LogP contribution < -0.4 is 5.32 Å². The fraction of sp³-hybridized carbons (Fsp3) is 0.692. The van der Waals surface area contributed by atoms with Gasteiger partial charge in [0.25, 0.3) is 0 Å².